The fourth-order valence-corrected chi connectivity index (χ4v) is 2.99. The summed E-state index contributed by atoms with van der Waals surface area (Å²) in [5, 5.41) is 8.42. The Kier molecular flexibility index (Phi) is 6.06. The number of nitrogens with zero attached hydrogens (tertiary/aromatic N) is 3. The van der Waals surface area contributed by atoms with Crippen LogP contribution in [-0.2, 0) is 4.74 Å². The van der Waals surface area contributed by atoms with E-state index in [2.05, 4.69) is 32.7 Å². The quantitative estimate of drug-likeness (QED) is 0.677. The molecule has 2 aliphatic heterocycles. The molecule has 1 atom stereocenters. The van der Waals surface area contributed by atoms with Gasteiger partial charge in [-0.05, 0) is 33.6 Å². The molecule has 0 aromatic rings. The van der Waals surface area contributed by atoms with Crippen LogP contribution in [0.1, 0.15) is 40.5 Å². The molecule has 0 saturated carbocycles. The third-order valence-corrected chi connectivity index (χ3v) is 4.71. The summed E-state index contributed by atoms with van der Waals surface area (Å²) in [6.07, 6.45) is 3.38. The van der Waals surface area contributed by atoms with Gasteiger partial charge in [-0.3, -0.25) is 0 Å². The van der Waals surface area contributed by atoms with E-state index in [0.717, 1.165) is 23.2 Å². The molecule has 24 heavy (non-hydrogen) atoms. The van der Waals surface area contributed by atoms with E-state index in [0.29, 0.717) is 31.9 Å². The number of hydrogen-bond acceptors (Lipinski definition) is 5. The van der Waals surface area contributed by atoms with Crippen LogP contribution in [0.3, 0.4) is 0 Å². The average molecular weight is 399 g/mol. The van der Waals surface area contributed by atoms with Gasteiger partial charge in [0.1, 0.15) is 11.4 Å². The summed E-state index contributed by atoms with van der Waals surface area (Å²) in [6.45, 7) is 10.2. The van der Waals surface area contributed by atoms with E-state index in [1.54, 1.807) is 11.1 Å². The van der Waals surface area contributed by atoms with Gasteiger partial charge < -0.3 is 19.9 Å². The molecule has 1 N–H and O–H groups in total. The Balaban J connectivity index is 2.02. The molecular weight excluding hydrogens is 372 g/mol. The number of halogens is 1. The lowest BCUT2D eigenvalue weighted by molar-refractivity contribution is 0.0188. The van der Waals surface area contributed by atoms with Crippen LogP contribution in [0.4, 0.5) is 4.79 Å². The first-order valence-corrected chi connectivity index (χ1v) is 9.20. The predicted molar refractivity (Wildman–Crippen MR) is 99.9 cm³/mol. The van der Waals surface area contributed by atoms with Gasteiger partial charge >= 0.3 is 6.09 Å². The molecular formula is C17H27BrN4O2. The molecule has 2 rings (SSSR count). The number of carbonyl (C=O) groups excluding carboxylic acids is 1. The molecule has 0 aromatic heterocycles. The Labute approximate surface area is 152 Å². The van der Waals surface area contributed by atoms with E-state index in [1.807, 2.05) is 20.8 Å². The highest BCUT2D eigenvalue weighted by atomic mass is 79.9. The van der Waals surface area contributed by atoms with Crippen LogP contribution in [0, 0.1) is 11.3 Å². The van der Waals surface area contributed by atoms with Crippen LogP contribution in [0.5, 0.6) is 0 Å². The van der Waals surface area contributed by atoms with Gasteiger partial charge in [0, 0.05) is 42.8 Å². The number of rotatable bonds is 0. The molecule has 1 fully saturated rings. The lowest BCUT2D eigenvalue weighted by atomic mass is 9.97. The Morgan fingerprint density at radius 2 is 1.96 bits per heavy atom. The van der Waals surface area contributed by atoms with Crippen molar-refractivity contribution in [1.29, 1.82) is 5.41 Å². The molecule has 7 heteroatoms. The molecule has 2 aliphatic rings. The maximum Gasteiger partial charge on any atom is 0.410 e. The Hall–Kier alpha value is -1.37. The predicted octanol–water partition coefficient (Wildman–Crippen LogP) is 3.62. The molecule has 1 amide bonds. The van der Waals surface area contributed by atoms with E-state index in [4.69, 9.17) is 10.1 Å². The smallest absolute Gasteiger partial charge is 0.410 e. The Morgan fingerprint density at radius 1 is 1.33 bits per heavy atom. The number of piperazine rings is 1. The largest absolute Gasteiger partial charge is 0.444 e. The van der Waals surface area contributed by atoms with E-state index in [-0.39, 0.29) is 12.0 Å². The van der Waals surface area contributed by atoms with Gasteiger partial charge in [-0.2, -0.15) is 0 Å². The fourth-order valence-electron chi connectivity index (χ4n) is 2.66. The topological polar surface area (TPSA) is 69.0 Å². The van der Waals surface area contributed by atoms with Crippen molar-refractivity contribution in [2.75, 3.05) is 26.2 Å². The molecule has 0 spiro atoms. The average Bonchev–Trinajstić information content (AvgIpc) is 2.50. The number of amides is 1. The highest BCUT2D eigenvalue weighted by Gasteiger charge is 2.29. The Bertz CT molecular complexity index is 557. The van der Waals surface area contributed by atoms with Gasteiger partial charge in [0.15, 0.2) is 0 Å². The first-order valence-electron chi connectivity index (χ1n) is 8.41. The zero-order valence-corrected chi connectivity index (χ0v) is 16.5. The standard InChI is InChI=1S/C17H27BrN4O2/c1-12-5-6-13(18)11-20-15(14(12)19)21-7-9-22(10-8-21)16(23)24-17(2,3)4/h11-12,19H,5-10H2,1-4H3. The lowest BCUT2D eigenvalue weighted by Crippen LogP contribution is -2.53. The van der Waals surface area contributed by atoms with Crippen LogP contribution >= 0.6 is 15.9 Å². The van der Waals surface area contributed by atoms with Crippen molar-refractivity contribution in [3.8, 4) is 0 Å². The van der Waals surface area contributed by atoms with Crippen molar-refractivity contribution in [2.45, 2.75) is 46.1 Å². The maximum atomic E-state index is 12.2. The maximum absolute atomic E-state index is 12.2. The lowest BCUT2D eigenvalue weighted by Gasteiger charge is -2.37. The summed E-state index contributed by atoms with van der Waals surface area (Å²) < 4.78 is 6.49. The second-order valence-electron chi connectivity index (χ2n) is 7.34. The van der Waals surface area contributed by atoms with Crippen molar-refractivity contribution in [3.63, 3.8) is 0 Å². The molecule has 0 aliphatic carbocycles. The number of ether oxygens (including phenoxy) is 1. The Morgan fingerprint density at radius 3 is 2.54 bits per heavy atom. The van der Waals surface area contributed by atoms with Gasteiger partial charge in [-0.25, -0.2) is 9.79 Å². The number of carbonyl (C=O) groups is 1. The summed E-state index contributed by atoms with van der Waals surface area (Å²) in [5.74, 6) is 0.900. The zero-order chi connectivity index (χ0) is 17.9. The molecule has 0 radical (unpaired) electrons. The molecule has 6 nitrogen and oxygen atoms in total. The first kappa shape index (κ1) is 19.0. The number of allylic oxidation sites excluding steroid dienone is 1. The van der Waals surface area contributed by atoms with Crippen LogP contribution in [0.2, 0.25) is 0 Å². The summed E-state index contributed by atoms with van der Waals surface area (Å²) in [5.41, 5.74) is 0.101. The van der Waals surface area contributed by atoms with Gasteiger partial charge in [0.2, 0.25) is 0 Å². The van der Waals surface area contributed by atoms with Crippen molar-refractivity contribution >= 4 is 33.6 Å². The van der Waals surface area contributed by atoms with Gasteiger partial charge in [-0.15, -0.1) is 0 Å². The zero-order valence-electron chi connectivity index (χ0n) is 14.9. The van der Waals surface area contributed by atoms with Gasteiger partial charge in [0.05, 0.1) is 5.71 Å². The minimum Gasteiger partial charge on any atom is -0.444 e. The second kappa shape index (κ2) is 7.68. The van der Waals surface area contributed by atoms with Crippen LogP contribution < -0.4 is 0 Å². The van der Waals surface area contributed by atoms with Crippen LogP contribution in [0.15, 0.2) is 15.7 Å². The molecule has 1 unspecified atom stereocenters. The van der Waals surface area contributed by atoms with Crippen molar-refractivity contribution in [3.05, 3.63) is 10.7 Å². The summed E-state index contributed by atoms with van der Waals surface area (Å²) in [6, 6.07) is 0. The van der Waals surface area contributed by atoms with E-state index in [9.17, 15) is 4.79 Å². The van der Waals surface area contributed by atoms with Gasteiger partial charge in [0.25, 0.3) is 0 Å². The molecule has 0 bridgehead atoms. The van der Waals surface area contributed by atoms with E-state index >= 15 is 0 Å². The molecule has 0 aromatic carbocycles. The number of nitrogens with one attached hydrogen (secondary N) is 1. The molecule has 2 heterocycles. The second-order valence-corrected chi connectivity index (χ2v) is 8.36. The third-order valence-electron chi connectivity index (χ3n) is 4.11. The number of aliphatic imine (C=N–C) groups is 1. The normalized spacial score (nSPS) is 23.2. The highest BCUT2D eigenvalue weighted by Crippen LogP contribution is 2.22. The van der Waals surface area contributed by atoms with E-state index < -0.39 is 5.60 Å². The van der Waals surface area contributed by atoms with Crippen LogP contribution in [-0.4, -0.2) is 59.2 Å². The minimum atomic E-state index is -0.480. The number of amidine groups is 1. The van der Waals surface area contributed by atoms with Crippen molar-refractivity contribution in [1.82, 2.24) is 9.80 Å². The number of hydrogen-bond donors (Lipinski definition) is 1. The summed E-state index contributed by atoms with van der Waals surface area (Å²) in [7, 11) is 0. The molecule has 134 valence electrons. The minimum absolute atomic E-state index is 0.175. The SMILES string of the molecule is CC1CCC(Br)=CN=C(N2CCN(C(=O)OC(C)(C)C)CC2)C1=N. The molecule has 1 saturated heterocycles. The first-order chi connectivity index (χ1) is 11.2. The van der Waals surface area contributed by atoms with E-state index in [1.165, 1.54) is 0 Å². The fraction of sp³-hybridized carbons (Fsp3) is 0.706. The monoisotopic (exact) mass is 398 g/mol. The van der Waals surface area contributed by atoms with Crippen molar-refractivity contribution < 1.29 is 9.53 Å². The van der Waals surface area contributed by atoms with Crippen molar-refractivity contribution in [2.24, 2.45) is 10.9 Å². The summed E-state index contributed by atoms with van der Waals surface area (Å²) in [4.78, 5) is 20.5. The van der Waals surface area contributed by atoms with Crippen LogP contribution in [0.25, 0.3) is 0 Å². The third kappa shape index (κ3) is 5.06. The highest BCUT2D eigenvalue weighted by molar-refractivity contribution is 9.11. The van der Waals surface area contributed by atoms with Gasteiger partial charge in [-0.1, -0.05) is 22.9 Å². The summed E-state index contributed by atoms with van der Waals surface area (Å²) >= 11 is 3.52.